The van der Waals surface area contributed by atoms with Crippen LogP contribution in [0.15, 0.2) is 24.3 Å². The number of hydrogen-bond donors (Lipinski definition) is 1. The van der Waals surface area contributed by atoms with Crippen LogP contribution in [0.25, 0.3) is 6.08 Å². The summed E-state index contributed by atoms with van der Waals surface area (Å²) < 4.78 is 36.9. The lowest BCUT2D eigenvalue weighted by molar-refractivity contribution is -0.137. The fraction of sp³-hybridized carbons (Fsp3) is 0.200. The largest absolute Gasteiger partial charge is 0.416 e. The van der Waals surface area contributed by atoms with Crippen molar-refractivity contribution in [3.05, 3.63) is 35.4 Å². The zero-order valence-corrected chi connectivity index (χ0v) is 7.23. The Hall–Kier alpha value is -1.45. The van der Waals surface area contributed by atoms with E-state index >= 15 is 0 Å². The van der Waals surface area contributed by atoms with Crippen LogP contribution < -0.4 is 5.32 Å². The molecular formula is C10H8F3N. The van der Waals surface area contributed by atoms with Crippen LogP contribution in [-0.4, -0.2) is 6.54 Å². The van der Waals surface area contributed by atoms with Gasteiger partial charge in [-0.3, -0.25) is 0 Å². The summed E-state index contributed by atoms with van der Waals surface area (Å²) in [5, 5.41) is 2.99. The molecule has 0 spiro atoms. The Labute approximate surface area is 79.2 Å². The second-order valence-electron chi connectivity index (χ2n) is 3.08. The van der Waals surface area contributed by atoms with Gasteiger partial charge in [0, 0.05) is 12.2 Å². The van der Waals surface area contributed by atoms with Crippen LogP contribution >= 0.6 is 0 Å². The normalized spacial score (nSPS) is 14.8. The molecule has 1 aromatic rings. The fourth-order valence-electron chi connectivity index (χ4n) is 1.39. The summed E-state index contributed by atoms with van der Waals surface area (Å²) in [5.74, 6) is 0. The van der Waals surface area contributed by atoms with Crippen LogP contribution in [0.4, 0.5) is 18.9 Å². The molecule has 2 rings (SSSR count). The third kappa shape index (κ3) is 1.60. The van der Waals surface area contributed by atoms with Gasteiger partial charge in [-0.1, -0.05) is 12.2 Å². The SMILES string of the molecule is FC(F)(F)c1ccc2c(c1)C=CCN2. The van der Waals surface area contributed by atoms with Gasteiger partial charge >= 0.3 is 6.18 Å². The lowest BCUT2D eigenvalue weighted by Gasteiger charge is -2.15. The minimum absolute atomic E-state index is 0.589. The van der Waals surface area contributed by atoms with Crippen LogP contribution in [0.2, 0.25) is 0 Å². The summed E-state index contributed by atoms with van der Waals surface area (Å²) in [6.07, 6.45) is -0.774. The molecule has 1 nitrogen and oxygen atoms in total. The molecule has 0 unspecified atom stereocenters. The first kappa shape index (κ1) is 9.12. The number of hydrogen-bond acceptors (Lipinski definition) is 1. The standard InChI is InChI=1S/C10H8F3N/c11-10(12,13)8-3-4-9-7(6-8)2-1-5-14-9/h1-4,6,14H,5H2. The van der Waals surface area contributed by atoms with Gasteiger partial charge in [-0.05, 0) is 23.8 Å². The highest BCUT2D eigenvalue weighted by Gasteiger charge is 2.30. The minimum atomic E-state index is -4.26. The van der Waals surface area contributed by atoms with Gasteiger partial charge in [0.15, 0.2) is 0 Å². The number of nitrogens with one attached hydrogen (secondary N) is 1. The van der Waals surface area contributed by atoms with Gasteiger partial charge in [0.25, 0.3) is 0 Å². The highest BCUT2D eigenvalue weighted by atomic mass is 19.4. The maximum Gasteiger partial charge on any atom is 0.416 e. The molecule has 4 heteroatoms. The lowest BCUT2D eigenvalue weighted by Crippen LogP contribution is -2.08. The van der Waals surface area contributed by atoms with E-state index in [1.165, 1.54) is 6.07 Å². The van der Waals surface area contributed by atoms with E-state index in [0.717, 1.165) is 17.8 Å². The first-order chi connectivity index (χ1) is 6.57. The van der Waals surface area contributed by atoms with Gasteiger partial charge in [0.1, 0.15) is 0 Å². The van der Waals surface area contributed by atoms with Gasteiger partial charge < -0.3 is 5.32 Å². The quantitative estimate of drug-likeness (QED) is 0.676. The average Bonchev–Trinajstić information content (AvgIpc) is 2.16. The topological polar surface area (TPSA) is 12.0 Å². The smallest absolute Gasteiger partial charge is 0.381 e. The maximum atomic E-state index is 12.3. The molecule has 1 aliphatic rings. The van der Waals surface area contributed by atoms with E-state index in [1.54, 1.807) is 12.2 Å². The van der Waals surface area contributed by atoms with Gasteiger partial charge in [-0.15, -0.1) is 0 Å². The van der Waals surface area contributed by atoms with Crippen molar-refractivity contribution < 1.29 is 13.2 Å². The third-order valence-corrected chi connectivity index (χ3v) is 2.09. The summed E-state index contributed by atoms with van der Waals surface area (Å²) in [6, 6.07) is 3.70. The molecule has 0 bridgehead atoms. The number of anilines is 1. The zero-order chi connectivity index (χ0) is 10.2. The van der Waals surface area contributed by atoms with Gasteiger partial charge in [-0.25, -0.2) is 0 Å². The number of rotatable bonds is 0. The Balaban J connectivity index is 2.45. The molecule has 1 heterocycles. The molecule has 0 fully saturated rings. The average molecular weight is 199 g/mol. The van der Waals surface area contributed by atoms with Gasteiger partial charge in [0.2, 0.25) is 0 Å². The molecule has 1 N–H and O–H groups in total. The summed E-state index contributed by atoms with van der Waals surface area (Å²) in [6.45, 7) is 0.665. The van der Waals surface area contributed by atoms with Crippen molar-refractivity contribution in [2.24, 2.45) is 0 Å². The summed E-state index contributed by atoms with van der Waals surface area (Å²) in [5.41, 5.74) is 0.733. The molecule has 74 valence electrons. The Morgan fingerprint density at radius 3 is 2.71 bits per heavy atom. The molecule has 0 saturated heterocycles. The Morgan fingerprint density at radius 2 is 2.00 bits per heavy atom. The van der Waals surface area contributed by atoms with Crippen molar-refractivity contribution >= 4 is 11.8 Å². The van der Waals surface area contributed by atoms with E-state index in [9.17, 15) is 13.2 Å². The molecule has 0 radical (unpaired) electrons. The van der Waals surface area contributed by atoms with E-state index in [1.807, 2.05) is 0 Å². The first-order valence-corrected chi connectivity index (χ1v) is 4.19. The molecule has 0 aromatic heterocycles. The molecule has 14 heavy (non-hydrogen) atoms. The van der Waals surface area contributed by atoms with Crippen molar-refractivity contribution in [3.8, 4) is 0 Å². The van der Waals surface area contributed by atoms with Crippen LogP contribution in [0.1, 0.15) is 11.1 Å². The second kappa shape index (κ2) is 3.04. The Morgan fingerprint density at radius 1 is 1.21 bits per heavy atom. The van der Waals surface area contributed by atoms with E-state index < -0.39 is 11.7 Å². The number of alkyl halides is 3. The fourth-order valence-corrected chi connectivity index (χ4v) is 1.39. The van der Waals surface area contributed by atoms with Crippen LogP contribution in [-0.2, 0) is 6.18 Å². The summed E-state index contributed by atoms with van der Waals surface area (Å²) in [4.78, 5) is 0. The van der Waals surface area contributed by atoms with Crippen molar-refractivity contribution in [1.29, 1.82) is 0 Å². The summed E-state index contributed by atoms with van der Waals surface area (Å²) >= 11 is 0. The highest BCUT2D eigenvalue weighted by Crippen LogP contribution is 2.32. The van der Waals surface area contributed by atoms with Gasteiger partial charge in [0.05, 0.1) is 5.56 Å². The van der Waals surface area contributed by atoms with Crippen molar-refractivity contribution in [2.45, 2.75) is 6.18 Å². The van der Waals surface area contributed by atoms with Crippen LogP contribution in [0, 0.1) is 0 Å². The van der Waals surface area contributed by atoms with E-state index in [0.29, 0.717) is 12.1 Å². The molecule has 1 aromatic carbocycles. The van der Waals surface area contributed by atoms with Gasteiger partial charge in [-0.2, -0.15) is 13.2 Å². The lowest BCUT2D eigenvalue weighted by atomic mass is 10.1. The van der Waals surface area contributed by atoms with Crippen molar-refractivity contribution in [2.75, 3.05) is 11.9 Å². The van der Waals surface area contributed by atoms with E-state index in [4.69, 9.17) is 0 Å². The number of halogens is 3. The molecule has 0 amide bonds. The predicted octanol–water partition coefficient (Wildman–Crippen LogP) is 3.14. The summed E-state index contributed by atoms with van der Waals surface area (Å²) in [7, 11) is 0. The van der Waals surface area contributed by atoms with E-state index in [2.05, 4.69) is 5.32 Å². The molecule has 1 aliphatic heterocycles. The van der Waals surface area contributed by atoms with Crippen molar-refractivity contribution in [1.82, 2.24) is 0 Å². The molecular weight excluding hydrogens is 191 g/mol. The van der Waals surface area contributed by atoms with E-state index in [-0.39, 0.29) is 0 Å². The minimum Gasteiger partial charge on any atom is -0.381 e. The molecule has 0 atom stereocenters. The highest BCUT2D eigenvalue weighted by molar-refractivity contribution is 5.70. The third-order valence-electron chi connectivity index (χ3n) is 2.09. The monoisotopic (exact) mass is 199 g/mol. The Bertz CT molecular complexity index is 379. The Kier molecular flexibility index (Phi) is 1.98. The number of benzene rings is 1. The van der Waals surface area contributed by atoms with Crippen LogP contribution in [0.5, 0.6) is 0 Å². The second-order valence-corrected chi connectivity index (χ2v) is 3.08. The number of fused-ring (bicyclic) bond motifs is 1. The van der Waals surface area contributed by atoms with Crippen LogP contribution in [0.3, 0.4) is 0 Å². The molecule has 0 saturated carbocycles. The maximum absolute atomic E-state index is 12.3. The predicted molar refractivity (Wildman–Crippen MR) is 49.0 cm³/mol. The zero-order valence-electron chi connectivity index (χ0n) is 7.23. The molecule has 0 aliphatic carbocycles. The first-order valence-electron chi connectivity index (χ1n) is 4.19. The van der Waals surface area contributed by atoms with Crippen molar-refractivity contribution in [3.63, 3.8) is 0 Å².